The van der Waals surface area contributed by atoms with Crippen LogP contribution in [0.1, 0.15) is 31.4 Å². The summed E-state index contributed by atoms with van der Waals surface area (Å²) in [6, 6.07) is 16.7. The number of alkyl carbamates (subject to hydrolysis) is 1. The van der Waals surface area contributed by atoms with E-state index in [1.807, 2.05) is 80.6 Å². The number of carbonyl (C=O) groups is 3. The van der Waals surface area contributed by atoms with Crippen molar-refractivity contribution in [2.45, 2.75) is 45.4 Å². The van der Waals surface area contributed by atoms with Crippen molar-refractivity contribution in [3.63, 3.8) is 0 Å². The SMILES string of the molecule is COC(=O)[C@@H](CC=C(C)C)NC(=O)[C@H](Cc1ccccc1)NC(=O)OCc1ccccc1. The number of hydrogen-bond donors (Lipinski definition) is 2. The molecule has 0 radical (unpaired) electrons. The quantitative estimate of drug-likeness (QED) is 0.437. The van der Waals surface area contributed by atoms with Crippen LogP contribution in [0.25, 0.3) is 0 Å². The molecule has 0 spiro atoms. The van der Waals surface area contributed by atoms with Crippen molar-refractivity contribution >= 4 is 18.0 Å². The van der Waals surface area contributed by atoms with Gasteiger partial charge >= 0.3 is 12.1 Å². The maximum atomic E-state index is 13.0. The van der Waals surface area contributed by atoms with Crippen LogP contribution < -0.4 is 10.6 Å². The number of hydrogen-bond acceptors (Lipinski definition) is 5. The van der Waals surface area contributed by atoms with Gasteiger partial charge in [-0.25, -0.2) is 9.59 Å². The van der Waals surface area contributed by atoms with Crippen LogP contribution in [-0.2, 0) is 32.1 Å². The maximum absolute atomic E-state index is 13.0. The van der Waals surface area contributed by atoms with Gasteiger partial charge in [0.05, 0.1) is 7.11 Å². The number of benzene rings is 2. The lowest BCUT2D eigenvalue weighted by molar-refractivity contribution is -0.145. The monoisotopic (exact) mass is 438 g/mol. The first-order valence-corrected chi connectivity index (χ1v) is 10.4. The van der Waals surface area contributed by atoms with Crippen molar-refractivity contribution < 1.29 is 23.9 Å². The molecule has 0 fully saturated rings. The molecule has 0 heterocycles. The molecule has 0 unspecified atom stereocenters. The molecule has 32 heavy (non-hydrogen) atoms. The summed E-state index contributed by atoms with van der Waals surface area (Å²) in [4.78, 5) is 37.6. The molecule has 2 aromatic rings. The summed E-state index contributed by atoms with van der Waals surface area (Å²) < 4.78 is 10.1. The van der Waals surface area contributed by atoms with Crippen molar-refractivity contribution in [3.05, 3.63) is 83.4 Å². The van der Waals surface area contributed by atoms with Crippen LogP contribution in [0.5, 0.6) is 0 Å². The molecular formula is C25H30N2O5. The molecule has 0 aliphatic carbocycles. The van der Waals surface area contributed by atoms with Crippen LogP contribution in [0.4, 0.5) is 4.79 Å². The number of amides is 2. The number of allylic oxidation sites excluding steroid dienone is 1. The van der Waals surface area contributed by atoms with E-state index in [1.165, 1.54) is 7.11 Å². The second-order valence-corrected chi connectivity index (χ2v) is 7.55. The van der Waals surface area contributed by atoms with Gasteiger partial charge in [-0.2, -0.15) is 0 Å². The average molecular weight is 439 g/mol. The fourth-order valence-electron chi connectivity index (χ4n) is 2.95. The Morgan fingerprint density at radius 2 is 1.47 bits per heavy atom. The minimum atomic E-state index is -0.931. The van der Waals surface area contributed by atoms with Gasteiger partial charge in [-0.15, -0.1) is 0 Å². The summed E-state index contributed by atoms with van der Waals surface area (Å²) in [6.07, 6.45) is 1.65. The summed E-state index contributed by atoms with van der Waals surface area (Å²) >= 11 is 0. The average Bonchev–Trinajstić information content (AvgIpc) is 2.80. The molecule has 0 aliphatic rings. The second-order valence-electron chi connectivity index (χ2n) is 7.55. The Balaban J connectivity index is 2.09. The molecule has 0 saturated carbocycles. The van der Waals surface area contributed by atoms with E-state index in [1.54, 1.807) is 0 Å². The minimum Gasteiger partial charge on any atom is -0.467 e. The Hall–Kier alpha value is -3.61. The van der Waals surface area contributed by atoms with Crippen LogP contribution >= 0.6 is 0 Å². The van der Waals surface area contributed by atoms with Gasteiger partial charge in [-0.05, 0) is 31.4 Å². The lowest BCUT2D eigenvalue weighted by atomic mass is 10.0. The minimum absolute atomic E-state index is 0.0811. The van der Waals surface area contributed by atoms with Crippen molar-refractivity contribution in [1.82, 2.24) is 10.6 Å². The third kappa shape index (κ3) is 8.63. The van der Waals surface area contributed by atoms with E-state index in [2.05, 4.69) is 10.6 Å². The van der Waals surface area contributed by atoms with Gasteiger partial charge in [0, 0.05) is 6.42 Å². The van der Waals surface area contributed by atoms with Crippen molar-refractivity contribution in [3.8, 4) is 0 Å². The van der Waals surface area contributed by atoms with Gasteiger partial charge in [0.15, 0.2) is 0 Å². The zero-order valence-corrected chi connectivity index (χ0v) is 18.7. The highest BCUT2D eigenvalue weighted by Crippen LogP contribution is 2.07. The molecule has 2 atom stereocenters. The van der Waals surface area contributed by atoms with Crippen LogP contribution in [0.3, 0.4) is 0 Å². The van der Waals surface area contributed by atoms with Crippen LogP contribution in [0.2, 0.25) is 0 Å². The van der Waals surface area contributed by atoms with Crippen LogP contribution in [0.15, 0.2) is 72.3 Å². The Kier molecular flexibility index (Phi) is 9.97. The first-order chi connectivity index (χ1) is 15.4. The van der Waals surface area contributed by atoms with Crippen molar-refractivity contribution in [2.24, 2.45) is 0 Å². The lowest BCUT2D eigenvalue weighted by Crippen LogP contribution is -2.52. The Morgan fingerprint density at radius 1 is 0.875 bits per heavy atom. The van der Waals surface area contributed by atoms with Gasteiger partial charge in [-0.3, -0.25) is 4.79 Å². The molecular weight excluding hydrogens is 408 g/mol. The Labute approximate surface area is 188 Å². The van der Waals surface area contributed by atoms with E-state index in [-0.39, 0.29) is 19.4 Å². The Bertz CT molecular complexity index is 908. The van der Waals surface area contributed by atoms with Crippen LogP contribution in [-0.4, -0.2) is 37.2 Å². The summed E-state index contributed by atoms with van der Waals surface area (Å²) in [5, 5.41) is 5.32. The molecule has 0 bridgehead atoms. The molecule has 170 valence electrons. The first-order valence-electron chi connectivity index (χ1n) is 10.4. The molecule has 2 N–H and O–H groups in total. The summed E-state index contributed by atoms with van der Waals surface area (Å²) in [7, 11) is 1.27. The number of rotatable bonds is 10. The molecule has 7 nitrogen and oxygen atoms in total. The molecule has 2 rings (SSSR count). The van der Waals surface area contributed by atoms with E-state index < -0.39 is 30.1 Å². The molecule has 2 aromatic carbocycles. The highest BCUT2D eigenvalue weighted by Gasteiger charge is 2.27. The summed E-state index contributed by atoms with van der Waals surface area (Å²) in [5.41, 5.74) is 2.70. The maximum Gasteiger partial charge on any atom is 0.408 e. The van der Waals surface area contributed by atoms with E-state index >= 15 is 0 Å². The smallest absolute Gasteiger partial charge is 0.408 e. The van der Waals surface area contributed by atoms with Crippen molar-refractivity contribution in [1.29, 1.82) is 0 Å². The molecule has 0 saturated heterocycles. The van der Waals surface area contributed by atoms with E-state index in [0.717, 1.165) is 16.7 Å². The molecule has 7 heteroatoms. The summed E-state index contributed by atoms with van der Waals surface area (Å²) in [5.74, 6) is -1.05. The van der Waals surface area contributed by atoms with Crippen molar-refractivity contribution in [2.75, 3.05) is 7.11 Å². The first kappa shape index (κ1) is 24.7. The Morgan fingerprint density at radius 3 is 2.03 bits per heavy atom. The van der Waals surface area contributed by atoms with E-state index in [9.17, 15) is 14.4 Å². The third-order valence-corrected chi connectivity index (χ3v) is 4.67. The lowest BCUT2D eigenvalue weighted by Gasteiger charge is -2.22. The second kappa shape index (κ2) is 12.9. The number of carbonyl (C=O) groups excluding carboxylic acids is 3. The highest BCUT2D eigenvalue weighted by atomic mass is 16.5. The zero-order valence-electron chi connectivity index (χ0n) is 18.7. The predicted molar refractivity (Wildman–Crippen MR) is 122 cm³/mol. The highest BCUT2D eigenvalue weighted by molar-refractivity contribution is 5.90. The van der Waals surface area contributed by atoms with E-state index in [0.29, 0.717) is 0 Å². The molecule has 0 aliphatic heterocycles. The number of esters is 1. The number of methoxy groups -OCH3 is 1. The van der Waals surface area contributed by atoms with Gasteiger partial charge in [-0.1, -0.05) is 72.3 Å². The number of nitrogens with one attached hydrogen (secondary N) is 2. The topological polar surface area (TPSA) is 93.7 Å². The zero-order chi connectivity index (χ0) is 23.3. The number of ether oxygens (including phenoxy) is 2. The van der Waals surface area contributed by atoms with Crippen LogP contribution in [0, 0.1) is 0 Å². The van der Waals surface area contributed by atoms with E-state index in [4.69, 9.17) is 9.47 Å². The predicted octanol–water partition coefficient (Wildman–Crippen LogP) is 3.54. The van der Waals surface area contributed by atoms with Gasteiger partial charge in [0.2, 0.25) is 5.91 Å². The van der Waals surface area contributed by atoms with Gasteiger partial charge in [0.1, 0.15) is 18.7 Å². The standard InChI is InChI=1S/C25H30N2O5/c1-18(2)14-15-21(24(29)31-3)26-23(28)22(16-19-10-6-4-7-11-19)27-25(30)32-17-20-12-8-5-9-13-20/h4-14,21-22H,15-17H2,1-3H3,(H,26,28)(H,27,30)/t21-,22+/m1/s1. The van der Waals surface area contributed by atoms with Gasteiger partial charge < -0.3 is 20.1 Å². The normalized spacial score (nSPS) is 12.1. The third-order valence-electron chi connectivity index (χ3n) is 4.67. The molecule has 2 amide bonds. The fourth-order valence-corrected chi connectivity index (χ4v) is 2.95. The fraction of sp³-hybridized carbons (Fsp3) is 0.320. The molecule has 0 aromatic heterocycles. The summed E-state index contributed by atoms with van der Waals surface area (Å²) in [6.45, 7) is 3.88. The van der Waals surface area contributed by atoms with Gasteiger partial charge in [0.25, 0.3) is 0 Å². The largest absolute Gasteiger partial charge is 0.467 e.